The Morgan fingerprint density at radius 2 is 1.64 bits per heavy atom. The molecule has 1 N–H and O–H groups in total. The van der Waals surface area contributed by atoms with Crippen LogP contribution in [0.15, 0.2) is 36.4 Å². The number of carbonyl (C=O) groups is 2. The van der Waals surface area contributed by atoms with Gasteiger partial charge in [0.05, 0.1) is 50.3 Å². The molecule has 0 bridgehead atoms. The number of morpholine rings is 1. The minimum absolute atomic E-state index is 0.0815. The molecule has 0 aliphatic carbocycles. The fraction of sp³-hybridized carbons (Fsp3) is 0.481. The molecular formula is C27H35N3O6. The summed E-state index contributed by atoms with van der Waals surface area (Å²) in [7, 11) is 0. The summed E-state index contributed by atoms with van der Waals surface area (Å²) in [5.41, 5.74) is 2.20. The van der Waals surface area contributed by atoms with Crippen LogP contribution in [0.3, 0.4) is 0 Å². The van der Waals surface area contributed by atoms with E-state index in [1.807, 2.05) is 57.2 Å². The summed E-state index contributed by atoms with van der Waals surface area (Å²) in [6.45, 7) is 10.4. The monoisotopic (exact) mass is 497 g/mol. The van der Waals surface area contributed by atoms with Crippen LogP contribution in [-0.2, 0) is 14.3 Å². The Morgan fingerprint density at radius 3 is 2.31 bits per heavy atom. The van der Waals surface area contributed by atoms with Crippen molar-refractivity contribution < 1.29 is 28.5 Å². The smallest absolute Gasteiger partial charge is 0.229 e. The van der Waals surface area contributed by atoms with Gasteiger partial charge >= 0.3 is 0 Å². The van der Waals surface area contributed by atoms with E-state index in [0.29, 0.717) is 56.8 Å². The second kappa shape index (κ2) is 12.0. The average molecular weight is 498 g/mol. The summed E-state index contributed by atoms with van der Waals surface area (Å²) in [5.74, 6) is 1.21. The highest BCUT2D eigenvalue weighted by atomic mass is 16.5. The summed E-state index contributed by atoms with van der Waals surface area (Å²) in [4.78, 5) is 29.8. The number of nitrogens with zero attached hydrogens (tertiary/aromatic N) is 2. The lowest BCUT2D eigenvalue weighted by atomic mass is 10.1. The summed E-state index contributed by atoms with van der Waals surface area (Å²) in [6.07, 6.45) is 0.146. The van der Waals surface area contributed by atoms with Crippen molar-refractivity contribution in [3.05, 3.63) is 36.4 Å². The van der Waals surface area contributed by atoms with E-state index in [9.17, 15) is 9.59 Å². The van der Waals surface area contributed by atoms with Crippen LogP contribution in [-0.4, -0.2) is 64.5 Å². The number of nitrogens with one attached hydrogen (secondary N) is 1. The average Bonchev–Trinajstić information content (AvgIpc) is 3.28. The first-order valence-electron chi connectivity index (χ1n) is 12.6. The number of ether oxygens (including phenoxy) is 4. The lowest BCUT2D eigenvalue weighted by molar-refractivity contribution is -0.122. The van der Waals surface area contributed by atoms with Crippen LogP contribution in [0.1, 0.15) is 27.2 Å². The van der Waals surface area contributed by atoms with Crippen molar-refractivity contribution in [2.75, 3.05) is 67.8 Å². The second-order valence-corrected chi connectivity index (χ2v) is 8.60. The van der Waals surface area contributed by atoms with Gasteiger partial charge in [-0.2, -0.15) is 0 Å². The first kappa shape index (κ1) is 25.6. The van der Waals surface area contributed by atoms with Gasteiger partial charge in [0.1, 0.15) is 17.2 Å². The third-order valence-electron chi connectivity index (χ3n) is 6.23. The first-order chi connectivity index (χ1) is 17.5. The molecule has 2 aromatic rings. The SMILES string of the molecule is CCOc1ccc(N2CC(C(=O)Nc3cc(OCC)c(N4CCOCC4)cc3OCC)CC2=O)cc1. The maximum absolute atomic E-state index is 13.3. The van der Waals surface area contributed by atoms with Crippen LogP contribution >= 0.6 is 0 Å². The van der Waals surface area contributed by atoms with E-state index in [1.54, 1.807) is 4.90 Å². The Labute approximate surface area is 212 Å². The Bertz CT molecular complexity index is 1050. The summed E-state index contributed by atoms with van der Waals surface area (Å²) in [5, 5.41) is 3.00. The molecule has 2 saturated heterocycles. The van der Waals surface area contributed by atoms with E-state index in [-0.39, 0.29) is 18.2 Å². The van der Waals surface area contributed by atoms with Crippen LogP contribution < -0.4 is 29.3 Å². The molecule has 9 nitrogen and oxygen atoms in total. The fourth-order valence-corrected chi connectivity index (χ4v) is 4.50. The molecule has 36 heavy (non-hydrogen) atoms. The van der Waals surface area contributed by atoms with Gasteiger partial charge in [0.25, 0.3) is 0 Å². The molecule has 9 heteroatoms. The van der Waals surface area contributed by atoms with Crippen LogP contribution in [0.5, 0.6) is 17.2 Å². The van der Waals surface area contributed by atoms with Crippen molar-refractivity contribution in [1.82, 2.24) is 0 Å². The maximum Gasteiger partial charge on any atom is 0.229 e. The van der Waals surface area contributed by atoms with Crippen LogP contribution in [0.4, 0.5) is 17.1 Å². The van der Waals surface area contributed by atoms with Gasteiger partial charge in [-0.15, -0.1) is 0 Å². The van der Waals surface area contributed by atoms with Gasteiger partial charge in [0, 0.05) is 43.9 Å². The lowest BCUT2D eigenvalue weighted by Crippen LogP contribution is -2.36. The first-order valence-corrected chi connectivity index (χ1v) is 12.6. The molecule has 2 aliphatic rings. The summed E-state index contributed by atoms with van der Waals surface area (Å²) >= 11 is 0. The Kier molecular flexibility index (Phi) is 8.53. The molecule has 1 atom stereocenters. The minimum atomic E-state index is -0.479. The number of anilines is 3. The van der Waals surface area contributed by atoms with Crippen LogP contribution in [0.25, 0.3) is 0 Å². The number of amides is 2. The largest absolute Gasteiger partial charge is 0.494 e. The summed E-state index contributed by atoms with van der Waals surface area (Å²) in [6, 6.07) is 11.1. The standard InChI is InChI=1S/C27H35N3O6/c1-4-34-21-9-7-20(8-10-21)30-18-19(15-26(30)31)27(32)28-22-16-25(36-6-3)23(17-24(22)35-5-2)29-11-13-33-14-12-29/h7-10,16-17,19H,4-6,11-15,18H2,1-3H3,(H,28,32). The Morgan fingerprint density at radius 1 is 0.972 bits per heavy atom. The van der Waals surface area contributed by atoms with E-state index in [2.05, 4.69) is 10.2 Å². The Hall–Kier alpha value is -3.46. The molecule has 0 spiro atoms. The van der Waals surface area contributed by atoms with Gasteiger partial charge in [-0.05, 0) is 45.0 Å². The zero-order valence-electron chi connectivity index (χ0n) is 21.2. The van der Waals surface area contributed by atoms with Crippen molar-refractivity contribution >= 4 is 28.9 Å². The van der Waals surface area contributed by atoms with Gasteiger partial charge in [0.15, 0.2) is 0 Å². The molecule has 2 amide bonds. The molecule has 2 fully saturated rings. The van der Waals surface area contributed by atoms with Crippen molar-refractivity contribution in [2.24, 2.45) is 5.92 Å². The maximum atomic E-state index is 13.3. The van der Waals surface area contributed by atoms with Crippen molar-refractivity contribution in [2.45, 2.75) is 27.2 Å². The zero-order valence-corrected chi connectivity index (χ0v) is 21.2. The van der Waals surface area contributed by atoms with Gasteiger partial charge in [-0.3, -0.25) is 9.59 Å². The summed E-state index contributed by atoms with van der Waals surface area (Å²) < 4.78 is 22.8. The molecule has 4 rings (SSSR count). The molecule has 0 radical (unpaired) electrons. The van der Waals surface area contributed by atoms with Crippen molar-refractivity contribution in [3.63, 3.8) is 0 Å². The number of benzene rings is 2. The highest BCUT2D eigenvalue weighted by molar-refractivity contribution is 6.04. The highest BCUT2D eigenvalue weighted by Gasteiger charge is 2.35. The number of rotatable bonds is 10. The third-order valence-corrected chi connectivity index (χ3v) is 6.23. The Balaban J connectivity index is 1.51. The molecule has 2 heterocycles. The minimum Gasteiger partial charge on any atom is -0.494 e. The van der Waals surface area contributed by atoms with Crippen LogP contribution in [0, 0.1) is 5.92 Å². The molecule has 2 aliphatic heterocycles. The molecule has 194 valence electrons. The third kappa shape index (κ3) is 5.84. The number of hydrogen-bond donors (Lipinski definition) is 1. The normalized spacial score (nSPS) is 17.8. The molecule has 1 unspecified atom stereocenters. The van der Waals surface area contributed by atoms with E-state index in [4.69, 9.17) is 18.9 Å². The van der Waals surface area contributed by atoms with E-state index in [0.717, 1.165) is 30.2 Å². The second-order valence-electron chi connectivity index (χ2n) is 8.60. The molecule has 0 aromatic heterocycles. The van der Waals surface area contributed by atoms with Gasteiger partial charge in [-0.1, -0.05) is 0 Å². The topological polar surface area (TPSA) is 89.6 Å². The van der Waals surface area contributed by atoms with E-state index >= 15 is 0 Å². The molecule has 0 saturated carbocycles. The van der Waals surface area contributed by atoms with Crippen molar-refractivity contribution in [3.8, 4) is 17.2 Å². The fourth-order valence-electron chi connectivity index (χ4n) is 4.50. The van der Waals surface area contributed by atoms with E-state index in [1.165, 1.54) is 0 Å². The van der Waals surface area contributed by atoms with E-state index < -0.39 is 5.92 Å². The number of carbonyl (C=O) groups excluding carboxylic acids is 2. The predicted octanol–water partition coefficient (Wildman–Crippen LogP) is 3.71. The lowest BCUT2D eigenvalue weighted by Gasteiger charge is -2.31. The quantitative estimate of drug-likeness (QED) is 0.535. The van der Waals surface area contributed by atoms with Gasteiger partial charge < -0.3 is 34.1 Å². The predicted molar refractivity (Wildman–Crippen MR) is 139 cm³/mol. The van der Waals surface area contributed by atoms with Gasteiger partial charge in [-0.25, -0.2) is 0 Å². The van der Waals surface area contributed by atoms with Gasteiger partial charge in [0.2, 0.25) is 11.8 Å². The van der Waals surface area contributed by atoms with Crippen molar-refractivity contribution in [1.29, 1.82) is 0 Å². The zero-order chi connectivity index (χ0) is 25.5. The molecular weight excluding hydrogens is 462 g/mol. The molecule has 2 aromatic carbocycles. The number of hydrogen-bond acceptors (Lipinski definition) is 7. The highest BCUT2D eigenvalue weighted by Crippen LogP contribution is 2.40. The van der Waals surface area contributed by atoms with Crippen LogP contribution in [0.2, 0.25) is 0 Å².